The summed E-state index contributed by atoms with van der Waals surface area (Å²) in [6.07, 6.45) is 0. The molecular formula is C27H21NOS2. The van der Waals surface area contributed by atoms with Crippen LogP contribution in [0.1, 0.15) is 0 Å². The van der Waals surface area contributed by atoms with E-state index in [0.29, 0.717) is 0 Å². The van der Waals surface area contributed by atoms with Crippen LogP contribution in [-0.2, 0) is 0 Å². The summed E-state index contributed by atoms with van der Waals surface area (Å²) in [6, 6.07) is 34.2. The minimum Gasteiger partial charge on any atom is -0.497 e. The maximum atomic E-state index is 5.36. The molecule has 0 fully saturated rings. The van der Waals surface area contributed by atoms with Gasteiger partial charge in [-0.1, -0.05) is 36.4 Å². The van der Waals surface area contributed by atoms with Gasteiger partial charge in [-0.25, -0.2) is 0 Å². The van der Waals surface area contributed by atoms with Crippen LogP contribution in [0.5, 0.6) is 5.75 Å². The van der Waals surface area contributed by atoms with E-state index in [1.165, 1.54) is 20.9 Å². The first-order valence-corrected chi connectivity index (χ1v) is 11.8. The predicted octanol–water partition coefficient (Wildman–Crippen LogP) is 8.62. The molecule has 3 aromatic carbocycles. The molecule has 2 aromatic heterocycles. The molecule has 0 saturated carbocycles. The van der Waals surface area contributed by atoms with Crippen molar-refractivity contribution < 1.29 is 4.74 Å². The lowest BCUT2D eigenvalue weighted by atomic mass is 10.1. The molecule has 0 radical (unpaired) electrons. The molecule has 0 atom stereocenters. The number of hydrogen-bond donors (Lipinski definition) is 0. The third kappa shape index (κ3) is 4.13. The van der Waals surface area contributed by atoms with Crippen molar-refractivity contribution in [1.29, 1.82) is 0 Å². The molecule has 2 heterocycles. The van der Waals surface area contributed by atoms with Crippen LogP contribution in [0.25, 0.3) is 20.9 Å². The zero-order chi connectivity index (χ0) is 21.0. The Balaban J connectivity index is 1.54. The number of nitrogens with zero attached hydrogens (tertiary/aromatic N) is 1. The fourth-order valence-electron chi connectivity index (χ4n) is 3.61. The Morgan fingerprint density at radius 1 is 0.548 bits per heavy atom. The van der Waals surface area contributed by atoms with E-state index in [0.717, 1.165) is 22.8 Å². The van der Waals surface area contributed by atoms with Crippen LogP contribution >= 0.6 is 22.7 Å². The van der Waals surface area contributed by atoms with Crippen LogP contribution in [0.4, 0.5) is 17.1 Å². The molecule has 5 aromatic rings. The SMILES string of the molecule is COc1ccc(N(c2ccc(-c3cccs3)cc2)c2ccc(-c3cccs3)cc2)cc1. The highest BCUT2D eigenvalue weighted by atomic mass is 32.1. The summed E-state index contributed by atoms with van der Waals surface area (Å²) in [5.74, 6) is 0.852. The van der Waals surface area contributed by atoms with Gasteiger partial charge in [-0.2, -0.15) is 0 Å². The van der Waals surface area contributed by atoms with E-state index in [2.05, 4.69) is 101 Å². The van der Waals surface area contributed by atoms with Crippen LogP contribution in [0.2, 0.25) is 0 Å². The van der Waals surface area contributed by atoms with Gasteiger partial charge in [0.2, 0.25) is 0 Å². The molecule has 0 spiro atoms. The number of rotatable bonds is 6. The van der Waals surface area contributed by atoms with E-state index in [-0.39, 0.29) is 0 Å². The van der Waals surface area contributed by atoms with Crippen molar-refractivity contribution in [1.82, 2.24) is 0 Å². The Morgan fingerprint density at radius 3 is 1.32 bits per heavy atom. The van der Waals surface area contributed by atoms with Gasteiger partial charge < -0.3 is 9.64 Å². The molecule has 152 valence electrons. The van der Waals surface area contributed by atoms with Gasteiger partial charge in [-0.3, -0.25) is 0 Å². The molecule has 0 aliphatic carbocycles. The van der Waals surface area contributed by atoms with E-state index < -0.39 is 0 Å². The van der Waals surface area contributed by atoms with Gasteiger partial charge in [0.25, 0.3) is 0 Å². The third-order valence-electron chi connectivity index (χ3n) is 5.19. The Hall–Kier alpha value is -3.34. The minimum absolute atomic E-state index is 0.852. The van der Waals surface area contributed by atoms with E-state index >= 15 is 0 Å². The van der Waals surface area contributed by atoms with Gasteiger partial charge in [0.05, 0.1) is 7.11 Å². The van der Waals surface area contributed by atoms with Gasteiger partial charge >= 0.3 is 0 Å². The zero-order valence-corrected chi connectivity index (χ0v) is 18.7. The molecular weight excluding hydrogens is 418 g/mol. The summed E-state index contributed by atoms with van der Waals surface area (Å²) >= 11 is 3.52. The highest BCUT2D eigenvalue weighted by Gasteiger charge is 2.13. The van der Waals surface area contributed by atoms with Gasteiger partial charge in [-0.05, 0) is 82.6 Å². The van der Waals surface area contributed by atoms with Crippen LogP contribution in [0.15, 0.2) is 108 Å². The molecule has 0 aliphatic rings. The second kappa shape index (κ2) is 8.80. The summed E-state index contributed by atoms with van der Waals surface area (Å²) in [5, 5.41) is 4.23. The van der Waals surface area contributed by atoms with Crippen molar-refractivity contribution in [3.8, 4) is 26.6 Å². The fourth-order valence-corrected chi connectivity index (χ4v) is 5.08. The number of anilines is 3. The quantitative estimate of drug-likeness (QED) is 0.262. The van der Waals surface area contributed by atoms with E-state index in [1.807, 2.05) is 12.1 Å². The Labute approximate surface area is 190 Å². The largest absolute Gasteiger partial charge is 0.497 e. The highest BCUT2D eigenvalue weighted by molar-refractivity contribution is 7.13. The average Bonchev–Trinajstić information content (AvgIpc) is 3.56. The first-order chi connectivity index (χ1) is 15.3. The minimum atomic E-state index is 0.852. The van der Waals surface area contributed by atoms with E-state index in [9.17, 15) is 0 Å². The molecule has 2 nitrogen and oxygen atoms in total. The molecule has 0 N–H and O–H groups in total. The van der Waals surface area contributed by atoms with Crippen LogP contribution in [0.3, 0.4) is 0 Å². The fraction of sp³-hybridized carbons (Fsp3) is 0.0370. The number of benzene rings is 3. The van der Waals surface area contributed by atoms with Crippen molar-refractivity contribution in [2.24, 2.45) is 0 Å². The first kappa shape index (κ1) is 19.6. The summed E-state index contributed by atoms with van der Waals surface area (Å²) in [6.45, 7) is 0. The molecule has 0 saturated heterocycles. The van der Waals surface area contributed by atoms with Crippen LogP contribution in [0, 0.1) is 0 Å². The summed E-state index contributed by atoms with van der Waals surface area (Å²) in [5.41, 5.74) is 5.81. The van der Waals surface area contributed by atoms with E-state index in [1.54, 1.807) is 29.8 Å². The first-order valence-electron chi connectivity index (χ1n) is 10.0. The lowest BCUT2D eigenvalue weighted by Gasteiger charge is -2.26. The van der Waals surface area contributed by atoms with Crippen LogP contribution < -0.4 is 9.64 Å². The van der Waals surface area contributed by atoms with Gasteiger partial charge in [0.15, 0.2) is 0 Å². The molecule has 0 unspecified atom stereocenters. The summed E-state index contributed by atoms with van der Waals surface area (Å²) in [7, 11) is 1.69. The lowest BCUT2D eigenvalue weighted by molar-refractivity contribution is 0.415. The Morgan fingerprint density at radius 2 is 0.968 bits per heavy atom. The smallest absolute Gasteiger partial charge is 0.119 e. The maximum Gasteiger partial charge on any atom is 0.119 e. The normalized spacial score (nSPS) is 10.7. The van der Waals surface area contributed by atoms with Gasteiger partial charge in [-0.15, -0.1) is 22.7 Å². The second-order valence-corrected chi connectivity index (χ2v) is 8.98. The molecule has 31 heavy (non-hydrogen) atoms. The molecule has 0 bridgehead atoms. The second-order valence-electron chi connectivity index (χ2n) is 7.08. The number of thiophene rings is 2. The Kier molecular flexibility index (Phi) is 5.57. The zero-order valence-electron chi connectivity index (χ0n) is 17.1. The maximum absolute atomic E-state index is 5.36. The molecule has 5 rings (SSSR count). The highest BCUT2D eigenvalue weighted by Crippen LogP contribution is 2.38. The van der Waals surface area contributed by atoms with Gasteiger partial charge in [0.1, 0.15) is 5.75 Å². The number of methoxy groups -OCH3 is 1. The number of ether oxygens (including phenoxy) is 1. The van der Waals surface area contributed by atoms with Crippen molar-refractivity contribution in [2.75, 3.05) is 12.0 Å². The molecule has 4 heteroatoms. The summed E-state index contributed by atoms with van der Waals surface area (Å²) in [4.78, 5) is 4.83. The molecule has 0 amide bonds. The Bertz CT molecular complexity index is 1150. The van der Waals surface area contributed by atoms with Crippen molar-refractivity contribution in [3.63, 3.8) is 0 Å². The summed E-state index contributed by atoms with van der Waals surface area (Å²) < 4.78 is 5.36. The topological polar surface area (TPSA) is 12.5 Å². The number of hydrogen-bond acceptors (Lipinski definition) is 4. The standard InChI is InChI=1S/C27H21NOS2/c1-29-25-16-14-24(15-17-25)28(22-10-6-20(7-11-22)26-4-2-18-30-26)23-12-8-21(9-13-23)27-5-3-19-31-27/h2-19H,1H3. The van der Waals surface area contributed by atoms with Gasteiger partial charge in [0, 0.05) is 26.8 Å². The lowest BCUT2D eigenvalue weighted by Crippen LogP contribution is -2.09. The van der Waals surface area contributed by atoms with E-state index in [4.69, 9.17) is 4.74 Å². The monoisotopic (exact) mass is 439 g/mol. The third-order valence-corrected chi connectivity index (χ3v) is 7.03. The van der Waals surface area contributed by atoms with Crippen molar-refractivity contribution >= 4 is 39.7 Å². The van der Waals surface area contributed by atoms with Crippen molar-refractivity contribution in [2.45, 2.75) is 0 Å². The van der Waals surface area contributed by atoms with Crippen LogP contribution in [-0.4, -0.2) is 7.11 Å². The van der Waals surface area contributed by atoms with Crippen molar-refractivity contribution in [3.05, 3.63) is 108 Å². The average molecular weight is 440 g/mol. The predicted molar refractivity (Wildman–Crippen MR) is 134 cm³/mol. The molecule has 0 aliphatic heterocycles.